The number of rotatable bonds is 11. The number of aliphatic carboxylic acids is 2. The van der Waals surface area contributed by atoms with Crippen LogP contribution < -0.4 is 0 Å². The van der Waals surface area contributed by atoms with Gasteiger partial charge < -0.3 is 10.2 Å². The highest BCUT2D eigenvalue weighted by atomic mass is 16.4. The molecule has 0 heterocycles. The molecule has 0 fully saturated rings. The molecular weight excluding hydrogens is 234 g/mol. The van der Waals surface area contributed by atoms with Crippen LogP contribution in [0, 0.1) is 0 Å². The van der Waals surface area contributed by atoms with Gasteiger partial charge >= 0.3 is 11.9 Å². The molecule has 0 aromatic heterocycles. The maximum atomic E-state index is 10.5. The summed E-state index contributed by atoms with van der Waals surface area (Å²) in [6, 6.07) is 0. The van der Waals surface area contributed by atoms with Crippen LogP contribution in [0.2, 0.25) is 0 Å². The Morgan fingerprint density at radius 2 is 1.61 bits per heavy atom. The molecule has 0 rings (SSSR count). The Hall–Kier alpha value is -1.36. The van der Waals surface area contributed by atoms with Gasteiger partial charge in [0.2, 0.25) is 0 Å². The molecule has 5 nitrogen and oxygen atoms in total. The van der Waals surface area contributed by atoms with Gasteiger partial charge in [-0.2, -0.15) is 0 Å². The summed E-state index contributed by atoms with van der Waals surface area (Å²) in [7, 11) is 0. The summed E-state index contributed by atoms with van der Waals surface area (Å²) in [5.41, 5.74) is 1.01. The second-order valence-electron chi connectivity index (χ2n) is 4.58. The molecule has 0 unspecified atom stereocenters. The summed E-state index contributed by atoms with van der Waals surface area (Å²) >= 11 is 0. The zero-order chi connectivity index (χ0) is 14.0. The standard InChI is InChI=1S/C13H23NO4/c1-11(2)10-14(9-7-13(17)18)8-5-3-4-6-12(15)16/h1,3-10H2,2H3,(H,15,16)(H,17,18). The normalized spacial score (nSPS) is 10.6. The average molecular weight is 257 g/mol. The fourth-order valence-corrected chi connectivity index (χ4v) is 1.69. The predicted octanol–water partition coefficient (Wildman–Crippen LogP) is 1.98. The molecule has 0 aliphatic rings. The van der Waals surface area contributed by atoms with Gasteiger partial charge in [-0.15, -0.1) is 0 Å². The highest BCUT2D eigenvalue weighted by molar-refractivity contribution is 5.67. The second kappa shape index (κ2) is 9.65. The van der Waals surface area contributed by atoms with Gasteiger partial charge in [-0.1, -0.05) is 18.6 Å². The van der Waals surface area contributed by atoms with Crippen molar-refractivity contribution in [2.45, 2.75) is 39.0 Å². The van der Waals surface area contributed by atoms with Crippen LogP contribution in [-0.2, 0) is 9.59 Å². The van der Waals surface area contributed by atoms with E-state index in [4.69, 9.17) is 10.2 Å². The van der Waals surface area contributed by atoms with Crippen molar-refractivity contribution in [3.63, 3.8) is 0 Å². The molecule has 0 aliphatic heterocycles. The van der Waals surface area contributed by atoms with E-state index >= 15 is 0 Å². The Morgan fingerprint density at radius 1 is 1.00 bits per heavy atom. The van der Waals surface area contributed by atoms with Crippen LogP contribution in [0.3, 0.4) is 0 Å². The van der Waals surface area contributed by atoms with E-state index < -0.39 is 11.9 Å². The minimum absolute atomic E-state index is 0.127. The molecule has 0 aliphatic carbocycles. The molecule has 0 atom stereocenters. The zero-order valence-corrected chi connectivity index (χ0v) is 11.0. The smallest absolute Gasteiger partial charge is 0.304 e. The third kappa shape index (κ3) is 11.1. The van der Waals surface area contributed by atoms with Gasteiger partial charge in [0.1, 0.15) is 0 Å². The van der Waals surface area contributed by atoms with Gasteiger partial charge in [0.15, 0.2) is 0 Å². The van der Waals surface area contributed by atoms with Crippen molar-refractivity contribution in [1.82, 2.24) is 4.90 Å². The summed E-state index contributed by atoms with van der Waals surface area (Å²) in [4.78, 5) is 22.9. The molecule has 0 aromatic carbocycles. The minimum Gasteiger partial charge on any atom is -0.481 e. The van der Waals surface area contributed by atoms with Crippen LogP contribution in [0.5, 0.6) is 0 Å². The molecule has 0 radical (unpaired) electrons. The summed E-state index contributed by atoms with van der Waals surface area (Å²) in [6.45, 7) is 7.74. The van der Waals surface area contributed by atoms with Crippen molar-refractivity contribution in [3.05, 3.63) is 12.2 Å². The minimum atomic E-state index is -0.799. The summed E-state index contributed by atoms with van der Waals surface area (Å²) < 4.78 is 0. The highest BCUT2D eigenvalue weighted by Crippen LogP contribution is 2.04. The van der Waals surface area contributed by atoms with Crippen LogP contribution in [0.4, 0.5) is 0 Å². The third-order valence-corrected chi connectivity index (χ3v) is 2.50. The van der Waals surface area contributed by atoms with Crippen molar-refractivity contribution in [3.8, 4) is 0 Å². The quantitative estimate of drug-likeness (QED) is 0.437. The van der Waals surface area contributed by atoms with Gasteiger partial charge in [0.05, 0.1) is 6.42 Å². The van der Waals surface area contributed by atoms with E-state index in [-0.39, 0.29) is 12.8 Å². The van der Waals surface area contributed by atoms with E-state index in [1.165, 1.54) is 0 Å². The maximum Gasteiger partial charge on any atom is 0.304 e. The van der Waals surface area contributed by atoms with E-state index in [1.54, 1.807) is 0 Å². The molecule has 0 spiro atoms. The van der Waals surface area contributed by atoms with E-state index in [2.05, 4.69) is 11.5 Å². The fourth-order valence-electron chi connectivity index (χ4n) is 1.69. The average Bonchev–Trinajstić information content (AvgIpc) is 2.23. The number of hydrogen-bond donors (Lipinski definition) is 2. The van der Waals surface area contributed by atoms with Crippen LogP contribution in [0.25, 0.3) is 0 Å². The van der Waals surface area contributed by atoms with Crippen molar-refractivity contribution in [1.29, 1.82) is 0 Å². The Morgan fingerprint density at radius 3 is 2.11 bits per heavy atom. The number of hydrogen-bond acceptors (Lipinski definition) is 3. The van der Waals surface area contributed by atoms with Gasteiger partial charge in [0.25, 0.3) is 0 Å². The largest absolute Gasteiger partial charge is 0.481 e. The van der Waals surface area contributed by atoms with Gasteiger partial charge in [-0.3, -0.25) is 14.5 Å². The maximum absolute atomic E-state index is 10.5. The lowest BCUT2D eigenvalue weighted by atomic mass is 10.2. The fraction of sp³-hybridized carbons (Fsp3) is 0.692. The van der Waals surface area contributed by atoms with Crippen molar-refractivity contribution < 1.29 is 19.8 Å². The Bertz CT molecular complexity index is 289. The van der Waals surface area contributed by atoms with Crippen molar-refractivity contribution >= 4 is 11.9 Å². The van der Waals surface area contributed by atoms with Crippen LogP contribution in [-0.4, -0.2) is 46.7 Å². The number of carboxylic acid groups (broad SMARTS) is 2. The van der Waals surface area contributed by atoms with Gasteiger partial charge in [0, 0.05) is 19.5 Å². The zero-order valence-electron chi connectivity index (χ0n) is 11.0. The lowest BCUT2D eigenvalue weighted by molar-refractivity contribution is -0.138. The first kappa shape index (κ1) is 16.6. The van der Waals surface area contributed by atoms with E-state index in [9.17, 15) is 9.59 Å². The number of carbonyl (C=O) groups is 2. The molecule has 0 saturated heterocycles. The van der Waals surface area contributed by atoms with Gasteiger partial charge in [-0.25, -0.2) is 0 Å². The molecule has 5 heteroatoms. The number of nitrogens with zero attached hydrogens (tertiary/aromatic N) is 1. The van der Waals surface area contributed by atoms with E-state index in [1.807, 2.05) is 6.92 Å². The molecule has 18 heavy (non-hydrogen) atoms. The van der Waals surface area contributed by atoms with Crippen molar-refractivity contribution in [2.75, 3.05) is 19.6 Å². The summed E-state index contributed by atoms with van der Waals surface area (Å²) in [5, 5.41) is 17.2. The number of carboxylic acids is 2. The Kier molecular flexibility index (Phi) is 8.92. The monoisotopic (exact) mass is 257 g/mol. The molecule has 104 valence electrons. The second-order valence-corrected chi connectivity index (χ2v) is 4.58. The lowest BCUT2D eigenvalue weighted by Gasteiger charge is -2.21. The third-order valence-electron chi connectivity index (χ3n) is 2.50. The van der Waals surface area contributed by atoms with Crippen LogP contribution in [0.1, 0.15) is 39.0 Å². The SMILES string of the molecule is C=C(C)CN(CCCCCC(=O)O)CCC(=O)O. The van der Waals surface area contributed by atoms with E-state index in [0.29, 0.717) is 19.5 Å². The first-order valence-electron chi connectivity index (χ1n) is 6.22. The van der Waals surface area contributed by atoms with Crippen LogP contribution >= 0.6 is 0 Å². The molecule has 0 amide bonds. The Balaban J connectivity index is 3.81. The predicted molar refractivity (Wildman–Crippen MR) is 69.6 cm³/mol. The first-order chi connectivity index (χ1) is 8.41. The van der Waals surface area contributed by atoms with Crippen molar-refractivity contribution in [2.24, 2.45) is 0 Å². The lowest BCUT2D eigenvalue weighted by Crippen LogP contribution is -2.29. The Labute approximate surface area is 108 Å². The van der Waals surface area contributed by atoms with Gasteiger partial charge in [-0.05, 0) is 26.3 Å². The molecule has 0 bridgehead atoms. The first-order valence-corrected chi connectivity index (χ1v) is 6.22. The molecule has 2 N–H and O–H groups in total. The molecular formula is C13H23NO4. The number of unbranched alkanes of at least 4 members (excludes halogenated alkanes) is 2. The van der Waals surface area contributed by atoms with E-state index in [0.717, 1.165) is 25.0 Å². The molecule has 0 aromatic rings. The molecule has 0 saturated carbocycles. The summed E-state index contributed by atoms with van der Waals surface area (Å²) in [6.07, 6.45) is 2.75. The highest BCUT2D eigenvalue weighted by Gasteiger charge is 2.07. The summed E-state index contributed by atoms with van der Waals surface area (Å²) in [5.74, 6) is -1.56. The van der Waals surface area contributed by atoms with Crippen LogP contribution in [0.15, 0.2) is 12.2 Å². The topological polar surface area (TPSA) is 77.8 Å².